The fourth-order valence-electron chi connectivity index (χ4n) is 0.832. The predicted molar refractivity (Wildman–Crippen MR) is 49.2 cm³/mol. The summed E-state index contributed by atoms with van der Waals surface area (Å²) in [5, 5.41) is 15.1. The van der Waals surface area contributed by atoms with Gasteiger partial charge in [0.05, 0.1) is 0 Å². The highest BCUT2D eigenvalue weighted by Gasteiger charge is 2.11. The molecule has 0 saturated carbocycles. The molecule has 0 atom stereocenters. The van der Waals surface area contributed by atoms with E-state index in [-0.39, 0.29) is 16.8 Å². The summed E-state index contributed by atoms with van der Waals surface area (Å²) in [7, 11) is 0. The molecule has 0 bridgehead atoms. The molecule has 9 heteroatoms. The van der Waals surface area contributed by atoms with Crippen LogP contribution in [0.25, 0.3) is 0 Å². The molecular formula is C6H4ClN7O. The van der Waals surface area contributed by atoms with E-state index in [0.29, 0.717) is 0 Å². The van der Waals surface area contributed by atoms with E-state index in [1.54, 1.807) is 0 Å². The van der Waals surface area contributed by atoms with Crippen molar-refractivity contribution in [1.29, 1.82) is 0 Å². The number of halogens is 1. The van der Waals surface area contributed by atoms with Crippen LogP contribution < -0.4 is 5.32 Å². The highest BCUT2D eigenvalue weighted by atomic mass is 35.5. The van der Waals surface area contributed by atoms with Gasteiger partial charge in [0.15, 0.2) is 0 Å². The molecule has 76 valence electrons. The molecule has 0 unspecified atom stereocenters. The van der Waals surface area contributed by atoms with Gasteiger partial charge in [-0.1, -0.05) is 11.6 Å². The molecule has 0 aromatic carbocycles. The zero-order valence-corrected chi connectivity index (χ0v) is 7.93. The minimum absolute atomic E-state index is 0.0789. The minimum atomic E-state index is -0.529. The monoisotopic (exact) mass is 225 g/mol. The van der Waals surface area contributed by atoms with E-state index in [1.165, 1.54) is 12.4 Å². The maximum Gasteiger partial charge on any atom is 0.298 e. The van der Waals surface area contributed by atoms with Gasteiger partial charge in [0, 0.05) is 6.07 Å². The van der Waals surface area contributed by atoms with Gasteiger partial charge in [-0.15, -0.1) is 10.2 Å². The fourth-order valence-corrected chi connectivity index (χ4v) is 0.979. The summed E-state index contributed by atoms with van der Waals surface area (Å²) >= 11 is 5.60. The van der Waals surface area contributed by atoms with Crippen LogP contribution in [-0.2, 0) is 0 Å². The van der Waals surface area contributed by atoms with Crippen LogP contribution in [0.15, 0.2) is 12.4 Å². The number of tetrazole rings is 1. The third-order valence-corrected chi connectivity index (χ3v) is 1.63. The summed E-state index contributed by atoms with van der Waals surface area (Å²) in [5.41, 5.74) is 0. The van der Waals surface area contributed by atoms with Gasteiger partial charge < -0.3 is 5.32 Å². The summed E-state index contributed by atoms with van der Waals surface area (Å²) in [6, 6.07) is 1.40. The Morgan fingerprint density at radius 3 is 3.00 bits per heavy atom. The maximum absolute atomic E-state index is 11.4. The smallest absolute Gasteiger partial charge is 0.298 e. The van der Waals surface area contributed by atoms with Crippen molar-refractivity contribution in [2.75, 3.05) is 5.32 Å². The summed E-state index contributed by atoms with van der Waals surface area (Å²) < 4.78 is 0. The molecule has 0 radical (unpaired) electrons. The molecule has 2 aromatic rings. The van der Waals surface area contributed by atoms with E-state index < -0.39 is 5.91 Å². The van der Waals surface area contributed by atoms with Gasteiger partial charge >= 0.3 is 0 Å². The molecule has 2 rings (SSSR count). The molecule has 2 aromatic heterocycles. The van der Waals surface area contributed by atoms with Crippen LogP contribution in [0.3, 0.4) is 0 Å². The van der Waals surface area contributed by atoms with Crippen molar-refractivity contribution in [3.05, 3.63) is 23.4 Å². The molecule has 0 aliphatic rings. The Labute approximate surface area is 88.1 Å². The first-order valence-electron chi connectivity index (χ1n) is 3.78. The summed E-state index contributed by atoms with van der Waals surface area (Å²) in [5.74, 6) is -0.340. The number of nitrogens with zero attached hydrogens (tertiary/aromatic N) is 5. The van der Waals surface area contributed by atoms with Crippen molar-refractivity contribution >= 4 is 23.3 Å². The van der Waals surface area contributed by atoms with E-state index in [9.17, 15) is 4.79 Å². The first-order chi connectivity index (χ1) is 7.25. The van der Waals surface area contributed by atoms with Crippen molar-refractivity contribution < 1.29 is 4.79 Å². The van der Waals surface area contributed by atoms with E-state index >= 15 is 0 Å². The Morgan fingerprint density at radius 2 is 2.33 bits per heavy atom. The highest BCUT2D eigenvalue weighted by Crippen LogP contribution is 2.08. The van der Waals surface area contributed by atoms with Gasteiger partial charge in [-0.05, 0) is 5.21 Å². The lowest BCUT2D eigenvalue weighted by Gasteiger charge is -1.99. The van der Waals surface area contributed by atoms with Crippen LogP contribution in [-0.4, -0.2) is 36.5 Å². The maximum atomic E-state index is 11.4. The van der Waals surface area contributed by atoms with Gasteiger partial charge in [0.25, 0.3) is 11.7 Å². The Morgan fingerprint density at radius 1 is 1.47 bits per heavy atom. The number of aromatic amines is 1. The van der Waals surface area contributed by atoms with Crippen LogP contribution in [0.1, 0.15) is 10.6 Å². The molecule has 0 aliphatic carbocycles. The fraction of sp³-hybridized carbons (Fsp3) is 0. The zero-order valence-electron chi connectivity index (χ0n) is 7.18. The van der Waals surface area contributed by atoms with E-state index in [2.05, 4.69) is 35.9 Å². The molecule has 0 spiro atoms. The Kier molecular flexibility index (Phi) is 2.50. The molecule has 2 N–H and O–H groups in total. The quantitative estimate of drug-likeness (QED) is 0.691. The number of aromatic nitrogens is 6. The molecule has 0 fully saturated rings. The molecule has 8 nitrogen and oxygen atoms in total. The minimum Gasteiger partial charge on any atom is -0.304 e. The number of H-pyrrole nitrogens is 1. The number of carbonyl (C=O) groups is 1. The SMILES string of the molecule is O=C(Nc1cc(Cl)ncn1)c1nn[nH]n1. The summed E-state index contributed by atoms with van der Waals surface area (Å²) in [6.45, 7) is 0. The number of nitrogens with one attached hydrogen (secondary N) is 2. The third kappa shape index (κ3) is 2.23. The molecule has 0 aliphatic heterocycles. The van der Waals surface area contributed by atoms with Crippen LogP contribution in [0.2, 0.25) is 5.15 Å². The van der Waals surface area contributed by atoms with Crippen molar-refractivity contribution in [1.82, 2.24) is 30.6 Å². The molecule has 0 saturated heterocycles. The Balaban J connectivity index is 2.13. The second-order valence-electron chi connectivity index (χ2n) is 2.42. The lowest BCUT2D eigenvalue weighted by molar-refractivity contribution is 0.101. The van der Waals surface area contributed by atoms with Crippen molar-refractivity contribution in [2.24, 2.45) is 0 Å². The first-order valence-corrected chi connectivity index (χ1v) is 4.16. The van der Waals surface area contributed by atoms with Crippen LogP contribution in [0.4, 0.5) is 5.82 Å². The number of carbonyl (C=O) groups excluding carboxylic acids is 1. The number of hydrogen-bond acceptors (Lipinski definition) is 6. The lowest BCUT2D eigenvalue weighted by Crippen LogP contribution is -2.14. The average molecular weight is 226 g/mol. The van der Waals surface area contributed by atoms with Gasteiger partial charge in [-0.3, -0.25) is 4.79 Å². The largest absolute Gasteiger partial charge is 0.304 e. The summed E-state index contributed by atoms with van der Waals surface area (Å²) in [6.07, 6.45) is 1.23. The number of amides is 1. The van der Waals surface area contributed by atoms with Crippen molar-refractivity contribution in [3.8, 4) is 0 Å². The molecular weight excluding hydrogens is 222 g/mol. The van der Waals surface area contributed by atoms with Crippen LogP contribution >= 0.6 is 11.6 Å². The number of anilines is 1. The van der Waals surface area contributed by atoms with Crippen LogP contribution in [0.5, 0.6) is 0 Å². The zero-order chi connectivity index (χ0) is 10.7. The van der Waals surface area contributed by atoms with Crippen molar-refractivity contribution in [2.45, 2.75) is 0 Å². The molecule has 1 amide bonds. The van der Waals surface area contributed by atoms with Crippen LogP contribution in [0, 0.1) is 0 Å². The Bertz CT molecular complexity index is 470. The van der Waals surface area contributed by atoms with E-state index in [0.717, 1.165) is 0 Å². The highest BCUT2D eigenvalue weighted by molar-refractivity contribution is 6.29. The normalized spacial score (nSPS) is 9.93. The van der Waals surface area contributed by atoms with Gasteiger partial charge in [-0.2, -0.15) is 5.21 Å². The first kappa shape index (κ1) is 9.46. The van der Waals surface area contributed by atoms with Gasteiger partial charge in [0.2, 0.25) is 0 Å². The summed E-state index contributed by atoms with van der Waals surface area (Å²) in [4.78, 5) is 18.8. The van der Waals surface area contributed by atoms with E-state index in [1.807, 2.05) is 0 Å². The standard InChI is InChI=1S/C6H4ClN7O/c7-3-1-4(9-2-8-3)10-6(15)5-11-13-14-12-5/h1-2H,(H,8,9,10,15)(H,11,12,13,14). The number of rotatable bonds is 2. The Hall–Kier alpha value is -2.09. The molecule has 2 heterocycles. The predicted octanol–water partition coefficient (Wildman–Crippen LogP) is -0.105. The average Bonchev–Trinajstić information content (AvgIpc) is 2.70. The van der Waals surface area contributed by atoms with Gasteiger partial charge in [-0.25, -0.2) is 9.97 Å². The van der Waals surface area contributed by atoms with Crippen molar-refractivity contribution in [3.63, 3.8) is 0 Å². The second kappa shape index (κ2) is 3.96. The topological polar surface area (TPSA) is 109 Å². The third-order valence-electron chi connectivity index (χ3n) is 1.42. The lowest BCUT2D eigenvalue weighted by atomic mass is 10.5. The number of hydrogen-bond donors (Lipinski definition) is 2. The van der Waals surface area contributed by atoms with Gasteiger partial charge in [0.1, 0.15) is 17.3 Å². The van der Waals surface area contributed by atoms with E-state index in [4.69, 9.17) is 11.6 Å². The second-order valence-corrected chi connectivity index (χ2v) is 2.80. The molecule has 15 heavy (non-hydrogen) atoms.